The van der Waals surface area contributed by atoms with Gasteiger partial charge in [-0.2, -0.15) is 0 Å². The minimum absolute atomic E-state index is 0.0910. The van der Waals surface area contributed by atoms with Crippen molar-refractivity contribution in [3.8, 4) is 5.75 Å². The topological polar surface area (TPSA) is 75.6 Å². The number of amides is 1. The lowest BCUT2D eigenvalue weighted by Gasteiger charge is -2.17. The molecule has 0 fully saturated rings. The summed E-state index contributed by atoms with van der Waals surface area (Å²) in [6, 6.07) is 17.2. The Hall–Kier alpha value is -2.82. The predicted octanol–water partition coefficient (Wildman–Crippen LogP) is 3.64. The summed E-state index contributed by atoms with van der Waals surface area (Å²) in [6.45, 7) is 2.17. The lowest BCUT2D eigenvalue weighted by molar-refractivity contribution is -0.141. The molecule has 1 amide bonds. The maximum Gasteiger partial charge on any atom is 0.308 e. The Labute approximate surface area is 160 Å². The molecule has 0 aliphatic heterocycles. The molecule has 2 rings (SSSR count). The third-order valence-electron chi connectivity index (χ3n) is 4.73. The van der Waals surface area contributed by atoms with Crippen molar-refractivity contribution in [1.29, 1.82) is 0 Å². The van der Waals surface area contributed by atoms with Gasteiger partial charge in [-0.3, -0.25) is 9.59 Å². The molecule has 0 saturated carbocycles. The molecule has 2 atom stereocenters. The highest BCUT2D eigenvalue weighted by molar-refractivity contribution is 5.78. The molecule has 0 radical (unpaired) electrons. The molecule has 5 nitrogen and oxygen atoms in total. The Bertz CT molecular complexity index is 728. The van der Waals surface area contributed by atoms with Gasteiger partial charge in [0.15, 0.2) is 0 Å². The number of nitrogens with one attached hydrogen (secondary N) is 1. The quantitative estimate of drug-likeness (QED) is 0.670. The zero-order valence-electron chi connectivity index (χ0n) is 15.9. The van der Waals surface area contributed by atoms with E-state index in [1.807, 2.05) is 61.5 Å². The molecule has 0 spiro atoms. The summed E-state index contributed by atoms with van der Waals surface area (Å²) in [6.07, 6.45) is 1.55. The Morgan fingerprint density at radius 1 is 1.07 bits per heavy atom. The maximum atomic E-state index is 12.4. The molecule has 27 heavy (non-hydrogen) atoms. The number of carbonyl (C=O) groups excluding carboxylic acids is 1. The predicted molar refractivity (Wildman–Crippen MR) is 105 cm³/mol. The number of carbonyl (C=O) groups is 2. The summed E-state index contributed by atoms with van der Waals surface area (Å²) in [4.78, 5) is 23.9. The third-order valence-corrected chi connectivity index (χ3v) is 4.73. The number of carboxylic acid groups (broad SMARTS) is 1. The molecule has 2 unspecified atom stereocenters. The number of carboxylic acids is 1. The second-order valence-electron chi connectivity index (χ2n) is 6.61. The first-order valence-electron chi connectivity index (χ1n) is 9.20. The van der Waals surface area contributed by atoms with Gasteiger partial charge in [0.25, 0.3) is 0 Å². The number of methoxy groups -OCH3 is 1. The van der Waals surface area contributed by atoms with Crippen LogP contribution in [0.4, 0.5) is 0 Å². The van der Waals surface area contributed by atoms with Crippen LogP contribution < -0.4 is 10.1 Å². The van der Waals surface area contributed by atoms with Gasteiger partial charge >= 0.3 is 5.97 Å². The van der Waals surface area contributed by atoms with Gasteiger partial charge in [-0.15, -0.1) is 0 Å². The second-order valence-corrected chi connectivity index (χ2v) is 6.61. The van der Waals surface area contributed by atoms with Crippen molar-refractivity contribution < 1.29 is 19.4 Å². The zero-order valence-corrected chi connectivity index (χ0v) is 15.9. The normalized spacial score (nSPS) is 12.8. The number of ether oxygens (including phenoxy) is 1. The molecular formula is C22H27NO4. The Morgan fingerprint density at radius 3 is 2.30 bits per heavy atom. The van der Waals surface area contributed by atoms with Crippen molar-refractivity contribution in [3.63, 3.8) is 0 Å². The monoisotopic (exact) mass is 369 g/mol. The summed E-state index contributed by atoms with van der Waals surface area (Å²) >= 11 is 0. The van der Waals surface area contributed by atoms with Gasteiger partial charge in [0.05, 0.1) is 13.0 Å². The fraction of sp³-hybridized carbons (Fsp3) is 0.364. The van der Waals surface area contributed by atoms with Crippen molar-refractivity contribution in [3.05, 3.63) is 65.7 Å². The standard InChI is InChI=1S/C22H27NO4/c1-3-17(18-9-11-20(27-2)12-10-18)14-21(24)23-15-19(22(25)26)13-16-7-5-4-6-8-16/h4-12,17,19H,3,13-15H2,1-2H3,(H,23,24)(H,25,26). The van der Waals surface area contributed by atoms with Crippen molar-refractivity contribution in [2.24, 2.45) is 5.92 Å². The molecule has 2 aromatic carbocycles. The van der Waals surface area contributed by atoms with Gasteiger partial charge in [0.2, 0.25) is 5.91 Å². The number of hydrogen-bond donors (Lipinski definition) is 2. The maximum absolute atomic E-state index is 12.4. The van der Waals surface area contributed by atoms with Crippen LogP contribution in [0.15, 0.2) is 54.6 Å². The number of rotatable bonds is 10. The molecular weight excluding hydrogens is 342 g/mol. The van der Waals surface area contributed by atoms with Crippen LogP contribution in [0.3, 0.4) is 0 Å². The summed E-state index contributed by atoms with van der Waals surface area (Å²) in [7, 11) is 1.62. The van der Waals surface area contributed by atoms with Gasteiger partial charge < -0.3 is 15.2 Å². The lowest BCUT2D eigenvalue weighted by Crippen LogP contribution is -2.34. The molecule has 2 N–H and O–H groups in total. The summed E-state index contributed by atoms with van der Waals surface area (Å²) in [5.41, 5.74) is 2.02. The molecule has 0 heterocycles. The van der Waals surface area contributed by atoms with E-state index in [0.29, 0.717) is 12.8 Å². The molecule has 144 valence electrons. The first-order chi connectivity index (χ1) is 13.0. The van der Waals surface area contributed by atoms with Crippen molar-refractivity contribution in [1.82, 2.24) is 5.32 Å². The fourth-order valence-corrected chi connectivity index (χ4v) is 3.05. The average Bonchev–Trinajstić information content (AvgIpc) is 2.70. The first kappa shape index (κ1) is 20.5. The average molecular weight is 369 g/mol. The molecule has 0 aliphatic carbocycles. The molecule has 0 aromatic heterocycles. The molecule has 0 aliphatic rings. The van der Waals surface area contributed by atoms with Crippen molar-refractivity contribution in [2.75, 3.05) is 13.7 Å². The summed E-state index contributed by atoms with van der Waals surface area (Å²) in [5, 5.41) is 12.2. The third kappa shape index (κ3) is 6.44. The number of hydrogen-bond acceptors (Lipinski definition) is 3. The molecule has 5 heteroatoms. The zero-order chi connectivity index (χ0) is 19.6. The molecule has 2 aromatic rings. The van der Waals surface area contributed by atoms with Crippen LogP contribution >= 0.6 is 0 Å². The van der Waals surface area contributed by atoms with E-state index in [1.54, 1.807) is 7.11 Å². The Kier molecular flexibility index (Phi) is 7.86. The highest BCUT2D eigenvalue weighted by atomic mass is 16.5. The van der Waals surface area contributed by atoms with Crippen LogP contribution in [0.25, 0.3) is 0 Å². The smallest absolute Gasteiger partial charge is 0.308 e. The fourth-order valence-electron chi connectivity index (χ4n) is 3.05. The highest BCUT2D eigenvalue weighted by Gasteiger charge is 2.20. The second kappa shape index (κ2) is 10.4. The van der Waals surface area contributed by atoms with E-state index >= 15 is 0 Å². The van der Waals surface area contributed by atoms with E-state index in [2.05, 4.69) is 5.32 Å². The van der Waals surface area contributed by atoms with Crippen LogP contribution in [0.1, 0.15) is 36.8 Å². The van der Waals surface area contributed by atoms with E-state index in [4.69, 9.17) is 4.74 Å². The molecule has 0 bridgehead atoms. The van der Waals surface area contributed by atoms with E-state index < -0.39 is 11.9 Å². The minimum atomic E-state index is -0.902. The van der Waals surface area contributed by atoms with E-state index in [1.165, 1.54) is 0 Å². The lowest BCUT2D eigenvalue weighted by atomic mass is 9.92. The van der Waals surface area contributed by atoms with Crippen molar-refractivity contribution in [2.45, 2.75) is 32.1 Å². The summed E-state index contributed by atoms with van der Waals surface area (Å²) < 4.78 is 5.16. The van der Waals surface area contributed by atoms with Gasteiger partial charge in [-0.25, -0.2) is 0 Å². The molecule has 0 saturated heterocycles. The number of benzene rings is 2. The van der Waals surface area contributed by atoms with Crippen LogP contribution in [0.5, 0.6) is 5.75 Å². The van der Waals surface area contributed by atoms with Gasteiger partial charge in [-0.1, -0.05) is 49.4 Å². The largest absolute Gasteiger partial charge is 0.497 e. The van der Waals surface area contributed by atoms with E-state index in [9.17, 15) is 14.7 Å². The van der Waals surface area contributed by atoms with Gasteiger partial charge in [0.1, 0.15) is 5.75 Å². The first-order valence-corrected chi connectivity index (χ1v) is 9.20. The van der Waals surface area contributed by atoms with Crippen molar-refractivity contribution >= 4 is 11.9 Å². The van der Waals surface area contributed by atoms with Gasteiger partial charge in [0, 0.05) is 13.0 Å². The summed E-state index contributed by atoms with van der Waals surface area (Å²) in [5.74, 6) is -0.799. The van der Waals surface area contributed by atoms with E-state index in [0.717, 1.165) is 23.3 Å². The minimum Gasteiger partial charge on any atom is -0.497 e. The van der Waals surface area contributed by atoms with Gasteiger partial charge in [-0.05, 0) is 42.0 Å². The van der Waals surface area contributed by atoms with Crippen LogP contribution in [0.2, 0.25) is 0 Å². The number of aliphatic carboxylic acids is 1. The van der Waals surface area contributed by atoms with E-state index in [-0.39, 0.29) is 18.4 Å². The Morgan fingerprint density at radius 2 is 1.74 bits per heavy atom. The SMILES string of the molecule is CCC(CC(=O)NCC(Cc1ccccc1)C(=O)O)c1ccc(OC)cc1. The highest BCUT2D eigenvalue weighted by Crippen LogP contribution is 2.25. The Balaban J connectivity index is 1.90. The van der Waals surface area contributed by atoms with Crippen LogP contribution in [0, 0.1) is 5.92 Å². The van der Waals surface area contributed by atoms with Crippen LogP contribution in [-0.4, -0.2) is 30.6 Å². The van der Waals surface area contributed by atoms with Crippen LogP contribution in [-0.2, 0) is 16.0 Å².